The Kier molecular flexibility index (Phi) is 3.75. The lowest BCUT2D eigenvalue weighted by molar-refractivity contribution is 0.479. The molecule has 0 spiro atoms. The number of aryl methyl sites for hydroxylation is 1. The van der Waals surface area contributed by atoms with E-state index in [4.69, 9.17) is 0 Å². The van der Waals surface area contributed by atoms with E-state index in [0.717, 1.165) is 24.3 Å². The van der Waals surface area contributed by atoms with E-state index < -0.39 is 0 Å². The maximum Gasteiger partial charge on any atom is 0.0761 e. The summed E-state index contributed by atoms with van der Waals surface area (Å²) in [7, 11) is 0. The Morgan fingerprint density at radius 2 is 2.00 bits per heavy atom. The van der Waals surface area contributed by atoms with E-state index in [1.165, 1.54) is 29.5 Å². The SMILES string of the molecule is Cc1cccc(-n2ncc3ccc(NC4CCNCC4)cc32)c1. The van der Waals surface area contributed by atoms with Crippen LogP contribution in [0.3, 0.4) is 0 Å². The van der Waals surface area contributed by atoms with Crippen LogP contribution in [-0.2, 0) is 0 Å². The second-order valence-electron chi connectivity index (χ2n) is 6.34. The largest absolute Gasteiger partial charge is 0.382 e. The highest BCUT2D eigenvalue weighted by atomic mass is 15.3. The molecule has 4 heteroatoms. The van der Waals surface area contributed by atoms with E-state index in [1.54, 1.807) is 0 Å². The van der Waals surface area contributed by atoms with Crippen molar-refractivity contribution in [3.63, 3.8) is 0 Å². The van der Waals surface area contributed by atoms with Gasteiger partial charge in [0.2, 0.25) is 0 Å². The molecule has 0 amide bonds. The van der Waals surface area contributed by atoms with Gasteiger partial charge in [-0.3, -0.25) is 0 Å². The van der Waals surface area contributed by atoms with Gasteiger partial charge in [0.15, 0.2) is 0 Å². The first-order chi connectivity index (χ1) is 11.3. The number of nitrogens with zero attached hydrogens (tertiary/aromatic N) is 2. The molecule has 0 atom stereocenters. The molecule has 0 bridgehead atoms. The van der Waals surface area contributed by atoms with Crippen LogP contribution in [0.1, 0.15) is 18.4 Å². The predicted molar refractivity (Wildman–Crippen MR) is 95.3 cm³/mol. The molecule has 0 unspecified atom stereocenters. The maximum absolute atomic E-state index is 4.57. The highest BCUT2D eigenvalue weighted by Gasteiger charge is 2.13. The molecule has 0 aliphatic carbocycles. The number of hydrogen-bond donors (Lipinski definition) is 2. The van der Waals surface area contributed by atoms with Gasteiger partial charge in [0, 0.05) is 17.1 Å². The lowest BCUT2D eigenvalue weighted by Gasteiger charge is -2.24. The number of benzene rings is 2. The number of nitrogens with one attached hydrogen (secondary N) is 2. The molecule has 1 fully saturated rings. The first-order valence-electron chi connectivity index (χ1n) is 8.32. The zero-order valence-electron chi connectivity index (χ0n) is 13.4. The number of fused-ring (bicyclic) bond motifs is 1. The molecule has 118 valence electrons. The van der Waals surface area contributed by atoms with Gasteiger partial charge in [0.25, 0.3) is 0 Å². The summed E-state index contributed by atoms with van der Waals surface area (Å²) in [6, 6.07) is 15.5. The predicted octanol–water partition coefficient (Wildman–Crippen LogP) is 3.50. The van der Waals surface area contributed by atoms with E-state index in [2.05, 4.69) is 65.1 Å². The fraction of sp³-hybridized carbons (Fsp3) is 0.316. The van der Waals surface area contributed by atoms with Crippen molar-refractivity contribution in [2.24, 2.45) is 0 Å². The molecule has 1 aliphatic rings. The maximum atomic E-state index is 4.57. The molecule has 2 heterocycles. The van der Waals surface area contributed by atoms with Gasteiger partial charge in [-0.25, -0.2) is 4.68 Å². The number of piperidine rings is 1. The lowest BCUT2D eigenvalue weighted by Crippen LogP contribution is -2.35. The highest BCUT2D eigenvalue weighted by Crippen LogP contribution is 2.23. The zero-order valence-corrected chi connectivity index (χ0v) is 13.4. The summed E-state index contributed by atoms with van der Waals surface area (Å²) in [6.45, 7) is 4.31. The summed E-state index contributed by atoms with van der Waals surface area (Å²) in [5, 5.41) is 12.8. The first-order valence-corrected chi connectivity index (χ1v) is 8.32. The van der Waals surface area contributed by atoms with Crippen LogP contribution in [-0.4, -0.2) is 28.9 Å². The Bertz CT molecular complexity index is 815. The smallest absolute Gasteiger partial charge is 0.0761 e. The number of aromatic nitrogens is 2. The van der Waals surface area contributed by atoms with Crippen LogP contribution in [0, 0.1) is 6.92 Å². The average Bonchev–Trinajstić information content (AvgIpc) is 2.99. The fourth-order valence-corrected chi connectivity index (χ4v) is 3.28. The van der Waals surface area contributed by atoms with Crippen LogP contribution in [0.2, 0.25) is 0 Å². The van der Waals surface area contributed by atoms with Crippen molar-refractivity contribution in [1.29, 1.82) is 0 Å². The topological polar surface area (TPSA) is 41.9 Å². The number of rotatable bonds is 3. The molecule has 3 aromatic rings. The van der Waals surface area contributed by atoms with Gasteiger partial charge in [-0.2, -0.15) is 5.10 Å². The summed E-state index contributed by atoms with van der Waals surface area (Å²) in [5.74, 6) is 0. The minimum atomic E-state index is 0.559. The minimum absolute atomic E-state index is 0.559. The summed E-state index contributed by atoms with van der Waals surface area (Å²) >= 11 is 0. The molecule has 4 rings (SSSR count). The molecule has 4 nitrogen and oxygen atoms in total. The lowest BCUT2D eigenvalue weighted by atomic mass is 10.1. The van der Waals surface area contributed by atoms with E-state index in [0.29, 0.717) is 6.04 Å². The minimum Gasteiger partial charge on any atom is -0.382 e. The third-order valence-electron chi connectivity index (χ3n) is 4.53. The molecule has 1 aromatic heterocycles. The standard InChI is InChI=1S/C19H22N4/c1-14-3-2-4-18(11-14)23-19-12-17(6-5-15(19)13-21-23)22-16-7-9-20-10-8-16/h2-6,11-13,16,20,22H,7-10H2,1H3. The van der Waals surface area contributed by atoms with Crippen LogP contribution < -0.4 is 10.6 Å². The quantitative estimate of drug-likeness (QED) is 0.778. The molecule has 23 heavy (non-hydrogen) atoms. The third-order valence-corrected chi connectivity index (χ3v) is 4.53. The second kappa shape index (κ2) is 6.05. The van der Waals surface area contributed by atoms with Gasteiger partial charge in [-0.1, -0.05) is 12.1 Å². The van der Waals surface area contributed by atoms with Crippen LogP contribution in [0.25, 0.3) is 16.6 Å². The fourth-order valence-electron chi connectivity index (χ4n) is 3.28. The van der Waals surface area contributed by atoms with Gasteiger partial charge in [0.05, 0.1) is 17.4 Å². The number of hydrogen-bond acceptors (Lipinski definition) is 3. The Morgan fingerprint density at radius 1 is 1.13 bits per heavy atom. The van der Waals surface area contributed by atoms with Crippen molar-refractivity contribution in [2.45, 2.75) is 25.8 Å². The van der Waals surface area contributed by atoms with Crippen molar-refractivity contribution >= 4 is 16.6 Å². The van der Waals surface area contributed by atoms with Gasteiger partial charge >= 0.3 is 0 Å². The van der Waals surface area contributed by atoms with Crippen molar-refractivity contribution in [1.82, 2.24) is 15.1 Å². The van der Waals surface area contributed by atoms with Crippen LogP contribution in [0.15, 0.2) is 48.7 Å². The van der Waals surface area contributed by atoms with E-state index in [9.17, 15) is 0 Å². The molecular weight excluding hydrogens is 284 g/mol. The van der Waals surface area contributed by atoms with Crippen molar-refractivity contribution in [2.75, 3.05) is 18.4 Å². The molecule has 2 aromatic carbocycles. The molecule has 1 aliphatic heterocycles. The molecular formula is C19H22N4. The Morgan fingerprint density at radius 3 is 2.83 bits per heavy atom. The molecule has 2 N–H and O–H groups in total. The van der Waals surface area contributed by atoms with Crippen LogP contribution in [0.5, 0.6) is 0 Å². The highest BCUT2D eigenvalue weighted by molar-refractivity contribution is 5.83. The van der Waals surface area contributed by atoms with Crippen LogP contribution in [0.4, 0.5) is 5.69 Å². The van der Waals surface area contributed by atoms with Gasteiger partial charge in [0.1, 0.15) is 0 Å². The summed E-state index contributed by atoms with van der Waals surface area (Å²) in [6.07, 6.45) is 4.29. The Hall–Kier alpha value is -2.33. The summed E-state index contributed by atoms with van der Waals surface area (Å²) in [4.78, 5) is 0. The summed E-state index contributed by atoms with van der Waals surface area (Å²) < 4.78 is 2.02. The Labute approximate surface area is 136 Å². The average molecular weight is 306 g/mol. The summed E-state index contributed by atoms with van der Waals surface area (Å²) in [5.41, 5.74) is 4.68. The van der Waals surface area contributed by atoms with Gasteiger partial charge in [-0.15, -0.1) is 0 Å². The Balaban J connectivity index is 1.68. The molecule has 1 saturated heterocycles. The van der Waals surface area contributed by atoms with E-state index in [-0.39, 0.29) is 0 Å². The molecule has 0 saturated carbocycles. The van der Waals surface area contributed by atoms with E-state index in [1.807, 2.05) is 10.9 Å². The van der Waals surface area contributed by atoms with Crippen LogP contribution >= 0.6 is 0 Å². The normalized spacial score (nSPS) is 15.9. The second-order valence-corrected chi connectivity index (χ2v) is 6.34. The van der Waals surface area contributed by atoms with Crippen molar-refractivity contribution in [3.8, 4) is 5.69 Å². The van der Waals surface area contributed by atoms with Gasteiger partial charge in [-0.05, 0) is 68.8 Å². The monoisotopic (exact) mass is 306 g/mol. The molecule has 0 radical (unpaired) electrons. The van der Waals surface area contributed by atoms with E-state index >= 15 is 0 Å². The van der Waals surface area contributed by atoms with Crippen molar-refractivity contribution < 1.29 is 0 Å². The third kappa shape index (κ3) is 2.94. The number of anilines is 1. The van der Waals surface area contributed by atoms with Crippen molar-refractivity contribution in [3.05, 3.63) is 54.2 Å². The first kappa shape index (κ1) is 14.3. The zero-order chi connectivity index (χ0) is 15.6. The van der Waals surface area contributed by atoms with Gasteiger partial charge < -0.3 is 10.6 Å².